The topological polar surface area (TPSA) is 22.1 Å². The van der Waals surface area contributed by atoms with E-state index in [4.69, 9.17) is 4.74 Å². The number of para-hydroxylation sites is 1. The van der Waals surface area contributed by atoms with Gasteiger partial charge >= 0.3 is 0 Å². The van der Waals surface area contributed by atoms with Gasteiger partial charge in [-0.1, -0.05) is 78.3 Å². The minimum atomic E-state index is -2.27. The van der Waals surface area contributed by atoms with Gasteiger partial charge in [0.15, 0.2) is 0 Å². The fourth-order valence-corrected chi connectivity index (χ4v) is 9.23. The van der Waals surface area contributed by atoms with E-state index in [9.17, 15) is 0 Å². The summed E-state index contributed by atoms with van der Waals surface area (Å²) in [5.74, 6) is 2.55. The van der Waals surface area contributed by atoms with Crippen LogP contribution in [0.2, 0.25) is 0 Å². The van der Waals surface area contributed by atoms with Gasteiger partial charge in [0.1, 0.15) is 0 Å². The Kier molecular flexibility index (Phi) is 6.80. The molecule has 1 atom stereocenters. The third kappa shape index (κ3) is 4.56. The van der Waals surface area contributed by atoms with Crippen LogP contribution in [0.15, 0.2) is 99.6 Å². The molecule has 4 nitrogen and oxygen atoms in total. The highest BCUT2D eigenvalue weighted by Gasteiger charge is 2.41. The van der Waals surface area contributed by atoms with Crippen LogP contribution in [0.25, 0.3) is 0 Å². The third-order valence-corrected chi connectivity index (χ3v) is 11.4. The Bertz CT molecular complexity index is 1280. The number of hydrogen-bond donors (Lipinski definition) is 0. The molecule has 0 aliphatic carbocycles. The Morgan fingerprint density at radius 1 is 0.829 bits per heavy atom. The van der Waals surface area contributed by atoms with E-state index >= 15 is 0 Å². The van der Waals surface area contributed by atoms with Crippen molar-refractivity contribution < 1.29 is 0 Å². The van der Waals surface area contributed by atoms with Crippen LogP contribution < -0.4 is 10.2 Å². The standard InChI is InChI=1S/C29H34BrN4P/c1-29(2)26-12-8-9-13-27(26)33(4)28(29)22-35(25-10-6-5-7-11-25,34-20-18-32(3)19-21-34)31-24-16-14-23(30)15-17-24/h5-17,22H,18-21H2,1-4H3/b28-22-. The molecule has 0 N–H and O–H groups in total. The molecular formula is C29H34BrN4P. The van der Waals surface area contributed by atoms with Crippen molar-refractivity contribution in [2.45, 2.75) is 19.3 Å². The summed E-state index contributed by atoms with van der Waals surface area (Å²) in [5.41, 5.74) is 4.92. The van der Waals surface area contributed by atoms with Crippen molar-refractivity contribution in [3.05, 3.63) is 100 Å². The number of anilines is 1. The van der Waals surface area contributed by atoms with E-state index in [-0.39, 0.29) is 5.41 Å². The van der Waals surface area contributed by atoms with E-state index in [1.54, 1.807) is 0 Å². The van der Waals surface area contributed by atoms with Gasteiger partial charge in [-0.3, -0.25) is 4.67 Å². The minimum Gasteiger partial charge on any atom is -0.347 e. The SMILES string of the molecule is CN1CCN(P(/C=C2\N(C)c3ccccc3C2(C)C)(=Nc2ccc(Br)cc2)c2ccccc2)CC1. The minimum absolute atomic E-state index is 0.104. The molecule has 0 saturated carbocycles. The first-order valence-electron chi connectivity index (χ1n) is 12.2. The molecule has 182 valence electrons. The van der Waals surface area contributed by atoms with E-state index < -0.39 is 7.21 Å². The van der Waals surface area contributed by atoms with Crippen molar-refractivity contribution in [3.63, 3.8) is 0 Å². The van der Waals surface area contributed by atoms with Crippen LogP contribution >= 0.6 is 23.1 Å². The smallest absolute Gasteiger partial charge is 0.0898 e. The molecule has 0 spiro atoms. The average Bonchev–Trinajstić information content (AvgIpc) is 3.06. The first-order valence-corrected chi connectivity index (χ1v) is 14.8. The van der Waals surface area contributed by atoms with Crippen molar-refractivity contribution in [1.82, 2.24) is 9.57 Å². The third-order valence-electron chi connectivity index (χ3n) is 7.38. The molecule has 35 heavy (non-hydrogen) atoms. The number of piperazine rings is 1. The maximum Gasteiger partial charge on any atom is 0.0898 e. The highest BCUT2D eigenvalue weighted by atomic mass is 79.9. The number of rotatable bonds is 4. The molecule has 0 bridgehead atoms. The number of halogens is 1. The van der Waals surface area contributed by atoms with Crippen LogP contribution in [0, 0.1) is 0 Å². The van der Waals surface area contributed by atoms with Gasteiger partial charge in [0, 0.05) is 59.8 Å². The number of benzene rings is 3. The lowest BCUT2D eigenvalue weighted by molar-refractivity contribution is 0.229. The average molecular weight is 549 g/mol. The maximum atomic E-state index is 5.67. The van der Waals surface area contributed by atoms with E-state index in [0.29, 0.717) is 0 Å². The molecular weight excluding hydrogens is 515 g/mol. The van der Waals surface area contributed by atoms with Crippen molar-refractivity contribution >= 4 is 39.8 Å². The number of nitrogens with zero attached hydrogens (tertiary/aromatic N) is 4. The van der Waals surface area contributed by atoms with E-state index in [1.165, 1.54) is 22.3 Å². The Labute approximate surface area is 218 Å². The Hall–Kier alpha value is -2.17. The zero-order valence-electron chi connectivity index (χ0n) is 21.0. The Morgan fingerprint density at radius 2 is 1.46 bits per heavy atom. The molecule has 0 amide bonds. The summed E-state index contributed by atoms with van der Waals surface area (Å²) >= 11 is 3.60. The fraction of sp³-hybridized carbons (Fsp3) is 0.310. The zero-order chi connectivity index (χ0) is 24.6. The van der Waals surface area contributed by atoms with Crippen LogP contribution in [0.4, 0.5) is 11.4 Å². The molecule has 1 saturated heterocycles. The van der Waals surface area contributed by atoms with Gasteiger partial charge in [-0.05, 0) is 48.8 Å². The zero-order valence-corrected chi connectivity index (χ0v) is 23.5. The van der Waals surface area contributed by atoms with Crippen molar-refractivity contribution in [2.24, 2.45) is 4.74 Å². The monoisotopic (exact) mass is 548 g/mol. The van der Waals surface area contributed by atoms with Gasteiger partial charge in [0.05, 0.1) is 12.9 Å². The second kappa shape index (κ2) is 9.71. The van der Waals surface area contributed by atoms with Gasteiger partial charge in [-0.25, -0.2) is 4.74 Å². The number of allylic oxidation sites excluding steroid dienone is 1. The van der Waals surface area contributed by atoms with Crippen molar-refractivity contribution in [3.8, 4) is 0 Å². The second-order valence-corrected chi connectivity index (χ2v) is 13.8. The summed E-state index contributed by atoms with van der Waals surface area (Å²) in [7, 11) is 2.16. The molecule has 0 radical (unpaired) electrons. The van der Waals surface area contributed by atoms with Crippen molar-refractivity contribution in [2.75, 3.05) is 45.2 Å². The van der Waals surface area contributed by atoms with Gasteiger partial charge in [0.2, 0.25) is 0 Å². The second-order valence-electron chi connectivity index (χ2n) is 10.0. The summed E-state index contributed by atoms with van der Waals surface area (Å²) in [6, 6.07) is 28.3. The van der Waals surface area contributed by atoms with E-state index in [1.807, 2.05) is 0 Å². The highest BCUT2D eigenvalue weighted by molar-refractivity contribution is 9.10. The van der Waals surface area contributed by atoms with Gasteiger partial charge < -0.3 is 9.80 Å². The Balaban J connectivity index is 1.79. The quantitative estimate of drug-likeness (QED) is 0.326. The lowest BCUT2D eigenvalue weighted by Gasteiger charge is -2.41. The Morgan fingerprint density at radius 3 is 2.11 bits per heavy atom. The predicted molar refractivity (Wildman–Crippen MR) is 154 cm³/mol. The van der Waals surface area contributed by atoms with E-state index in [2.05, 4.69) is 143 Å². The van der Waals surface area contributed by atoms with Gasteiger partial charge in [0.25, 0.3) is 0 Å². The maximum absolute atomic E-state index is 5.67. The van der Waals surface area contributed by atoms with E-state index in [0.717, 1.165) is 36.3 Å². The summed E-state index contributed by atoms with van der Waals surface area (Å²) in [6.45, 7) is 8.80. The predicted octanol–water partition coefficient (Wildman–Crippen LogP) is 7.04. The normalized spacial score (nSPS) is 21.1. The molecule has 0 aromatic heterocycles. The number of likely N-dealkylation sites (N-methyl/N-ethyl adjacent to an activating group) is 2. The molecule has 2 aliphatic heterocycles. The van der Waals surface area contributed by atoms with Crippen LogP contribution in [-0.2, 0) is 5.41 Å². The summed E-state index contributed by atoms with van der Waals surface area (Å²) in [6.07, 6.45) is 0. The molecule has 1 unspecified atom stereocenters. The van der Waals surface area contributed by atoms with Crippen LogP contribution in [0.5, 0.6) is 0 Å². The van der Waals surface area contributed by atoms with Gasteiger partial charge in [-0.2, -0.15) is 0 Å². The van der Waals surface area contributed by atoms with Crippen LogP contribution in [0.3, 0.4) is 0 Å². The molecule has 2 heterocycles. The molecule has 1 fully saturated rings. The molecule has 5 rings (SSSR count). The first-order chi connectivity index (χ1) is 16.8. The largest absolute Gasteiger partial charge is 0.347 e. The summed E-state index contributed by atoms with van der Waals surface area (Å²) in [4.78, 5) is 4.81. The molecule has 6 heteroatoms. The fourth-order valence-electron chi connectivity index (χ4n) is 5.30. The van der Waals surface area contributed by atoms with Crippen molar-refractivity contribution in [1.29, 1.82) is 0 Å². The number of hydrogen-bond acceptors (Lipinski definition) is 3. The number of fused-ring (bicyclic) bond motifs is 1. The lowest BCUT2D eigenvalue weighted by Crippen LogP contribution is -2.44. The molecule has 3 aromatic rings. The summed E-state index contributed by atoms with van der Waals surface area (Å²) in [5, 5.41) is 1.31. The van der Waals surface area contributed by atoms with Crippen LogP contribution in [0.1, 0.15) is 19.4 Å². The molecule has 3 aromatic carbocycles. The van der Waals surface area contributed by atoms with Gasteiger partial charge in [-0.15, -0.1) is 0 Å². The van der Waals surface area contributed by atoms with Crippen LogP contribution in [-0.4, -0.2) is 49.8 Å². The highest BCUT2D eigenvalue weighted by Crippen LogP contribution is 2.60. The molecule has 2 aliphatic rings. The lowest BCUT2D eigenvalue weighted by atomic mass is 9.84. The first kappa shape index (κ1) is 24.5. The summed E-state index contributed by atoms with van der Waals surface area (Å²) < 4.78 is 9.42.